The summed E-state index contributed by atoms with van der Waals surface area (Å²) in [4.78, 5) is 0. The van der Waals surface area contributed by atoms with E-state index in [0.29, 0.717) is 0 Å². The Morgan fingerprint density at radius 3 is 2.50 bits per heavy atom. The summed E-state index contributed by atoms with van der Waals surface area (Å²) in [7, 11) is 1.82. The van der Waals surface area contributed by atoms with E-state index in [2.05, 4.69) is 10.3 Å². The molecule has 0 aliphatic rings. The Hall–Kier alpha value is -0.280. The van der Waals surface area contributed by atoms with Crippen LogP contribution in [0.5, 0.6) is 0 Å². The van der Waals surface area contributed by atoms with Gasteiger partial charge in [0.25, 0.3) is 0 Å². The number of alkyl halides is 1. The number of nitrogens with zero attached hydrogens (tertiary/aromatic N) is 3. The minimum absolute atomic E-state index is 0. The maximum Gasteiger partial charge on any atom is 0.100 e. The summed E-state index contributed by atoms with van der Waals surface area (Å²) in [6, 6.07) is 0. The van der Waals surface area contributed by atoms with Gasteiger partial charge in [0.05, 0.1) is 5.38 Å². The van der Waals surface area contributed by atoms with Crippen molar-refractivity contribution in [3.8, 4) is 0 Å². The molecule has 0 N–H and O–H groups in total. The molecule has 0 amide bonds. The van der Waals surface area contributed by atoms with E-state index < -0.39 is 0 Å². The molecule has 0 saturated heterocycles. The second kappa shape index (κ2) is 3.78. The molecule has 0 saturated carbocycles. The van der Waals surface area contributed by atoms with Gasteiger partial charge in [0.15, 0.2) is 0 Å². The van der Waals surface area contributed by atoms with Crippen molar-refractivity contribution in [2.45, 2.75) is 12.3 Å². The van der Waals surface area contributed by atoms with E-state index in [1.807, 2.05) is 14.0 Å². The summed E-state index contributed by atoms with van der Waals surface area (Å²) in [5, 5.41) is 7.47. The molecule has 0 bridgehead atoms. The predicted octanol–water partition coefficient (Wildman–Crippen LogP) is 1.54. The van der Waals surface area contributed by atoms with E-state index in [-0.39, 0.29) is 17.8 Å². The van der Waals surface area contributed by atoms with Crippen LogP contribution in [0, 0.1) is 0 Å². The largest absolute Gasteiger partial charge is 0.255 e. The Morgan fingerprint density at radius 2 is 2.30 bits per heavy atom. The molecular weight excluding hydrogens is 173 g/mol. The van der Waals surface area contributed by atoms with Gasteiger partial charge in [-0.3, -0.25) is 4.68 Å². The second-order valence-electron chi connectivity index (χ2n) is 1.93. The van der Waals surface area contributed by atoms with E-state index >= 15 is 0 Å². The van der Waals surface area contributed by atoms with E-state index in [4.69, 9.17) is 11.6 Å². The summed E-state index contributed by atoms with van der Waals surface area (Å²) >= 11 is 5.70. The molecular formula is C5H9Cl2N3. The van der Waals surface area contributed by atoms with Crippen molar-refractivity contribution in [2.24, 2.45) is 7.05 Å². The van der Waals surface area contributed by atoms with Gasteiger partial charge >= 0.3 is 0 Å². The zero-order chi connectivity index (χ0) is 6.85. The summed E-state index contributed by atoms with van der Waals surface area (Å²) in [6.07, 6.45) is 1.80. The third kappa shape index (κ3) is 2.15. The minimum Gasteiger partial charge on any atom is -0.255 e. The van der Waals surface area contributed by atoms with Crippen LogP contribution in [0.15, 0.2) is 6.20 Å². The zero-order valence-corrected chi connectivity index (χ0v) is 7.35. The third-order valence-corrected chi connectivity index (χ3v) is 1.25. The quantitative estimate of drug-likeness (QED) is 0.616. The molecule has 1 aromatic rings. The van der Waals surface area contributed by atoms with E-state index in [0.717, 1.165) is 5.69 Å². The normalized spacial score (nSPS) is 12.3. The van der Waals surface area contributed by atoms with Crippen LogP contribution in [-0.2, 0) is 7.05 Å². The fourth-order valence-electron chi connectivity index (χ4n) is 0.548. The highest BCUT2D eigenvalue weighted by molar-refractivity contribution is 6.20. The Balaban J connectivity index is 0.000000810. The maximum atomic E-state index is 5.70. The SMILES string of the molecule is CC(Cl)c1cn(C)nn1.Cl. The van der Waals surface area contributed by atoms with Gasteiger partial charge in [-0.25, -0.2) is 0 Å². The highest BCUT2D eigenvalue weighted by Gasteiger charge is 2.03. The summed E-state index contributed by atoms with van der Waals surface area (Å²) < 4.78 is 1.63. The Morgan fingerprint density at radius 1 is 1.70 bits per heavy atom. The average Bonchev–Trinajstić information content (AvgIpc) is 2.14. The monoisotopic (exact) mass is 181 g/mol. The van der Waals surface area contributed by atoms with Gasteiger partial charge < -0.3 is 0 Å². The number of aryl methyl sites for hydroxylation is 1. The Kier molecular flexibility index (Phi) is 3.68. The molecule has 0 aliphatic heterocycles. The summed E-state index contributed by atoms with van der Waals surface area (Å²) in [5.41, 5.74) is 0.819. The van der Waals surface area contributed by atoms with Crippen LogP contribution in [0.4, 0.5) is 0 Å². The predicted molar refractivity (Wildman–Crippen MR) is 42.5 cm³/mol. The van der Waals surface area contributed by atoms with Crippen LogP contribution in [0.25, 0.3) is 0 Å². The minimum atomic E-state index is -0.0429. The standard InChI is InChI=1S/C5H8ClN3.ClH/c1-4(6)5-3-9(2)8-7-5;/h3-4H,1-2H3;1H. The van der Waals surface area contributed by atoms with Crippen LogP contribution in [-0.4, -0.2) is 15.0 Å². The van der Waals surface area contributed by atoms with Crippen molar-refractivity contribution in [1.82, 2.24) is 15.0 Å². The van der Waals surface area contributed by atoms with Crippen LogP contribution in [0.1, 0.15) is 18.0 Å². The lowest BCUT2D eigenvalue weighted by molar-refractivity contribution is 0.713. The molecule has 1 heterocycles. The van der Waals surface area contributed by atoms with E-state index in [9.17, 15) is 0 Å². The van der Waals surface area contributed by atoms with Crippen LogP contribution in [0.2, 0.25) is 0 Å². The highest BCUT2D eigenvalue weighted by atomic mass is 35.5. The first-order valence-corrected chi connectivity index (χ1v) is 3.14. The molecule has 3 nitrogen and oxygen atoms in total. The number of aromatic nitrogens is 3. The van der Waals surface area contributed by atoms with Crippen LogP contribution in [0.3, 0.4) is 0 Å². The van der Waals surface area contributed by atoms with Gasteiger partial charge in [0, 0.05) is 13.2 Å². The van der Waals surface area contributed by atoms with Crippen molar-refractivity contribution < 1.29 is 0 Å². The van der Waals surface area contributed by atoms with Crippen molar-refractivity contribution in [2.75, 3.05) is 0 Å². The smallest absolute Gasteiger partial charge is 0.100 e. The number of halogens is 2. The van der Waals surface area contributed by atoms with Gasteiger partial charge in [-0.1, -0.05) is 5.21 Å². The maximum absolute atomic E-state index is 5.70. The first-order chi connectivity index (χ1) is 4.20. The van der Waals surface area contributed by atoms with E-state index in [1.165, 1.54) is 0 Å². The van der Waals surface area contributed by atoms with Crippen LogP contribution < -0.4 is 0 Å². The number of hydrogen-bond donors (Lipinski definition) is 0. The first-order valence-electron chi connectivity index (χ1n) is 2.70. The lowest BCUT2D eigenvalue weighted by Gasteiger charge is -1.90. The third-order valence-electron chi connectivity index (χ3n) is 1.03. The molecule has 0 fully saturated rings. The van der Waals surface area contributed by atoms with Gasteiger partial charge in [-0.15, -0.1) is 29.1 Å². The van der Waals surface area contributed by atoms with Crippen molar-refractivity contribution in [3.05, 3.63) is 11.9 Å². The molecule has 10 heavy (non-hydrogen) atoms. The molecule has 0 aliphatic carbocycles. The fourth-order valence-corrected chi connectivity index (χ4v) is 0.647. The molecule has 0 aromatic carbocycles. The molecule has 1 aromatic heterocycles. The second-order valence-corrected chi connectivity index (χ2v) is 2.59. The zero-order valence-electron chi connectivity index (χ0n) is 5.78. The molecule has 0 spiro atoms. The summed E-state index contributed by atoms with van der Waals surface area (Å²) in [5.74, 6) is 0. The summed E-state index contributed by atoms with van der Waals surface area (Å²) in [6.45, 7) is 1.87. The average molecular weight is 182 g/mol. The fraction of sp³-hybridized carbons (Fsp3) is 0.600. The lowest BCUT2D eigenvalue weighted by Crippen LogP contribution is -1.85. The molecule has 0 radical (unpaired) electrons. The molecule has 58 valence electrons. The van der Waals surface area contributed by atoms with Gasteiger partial charge in [-0.05, 0) is 6.92 Å². The van der Waals surface area contributed by atoms with E-state index in [1.54, 1.807) is 10.9 Å². The molecule has 5 heteroatoms. The number of rotatable bonds is 1. The topological polar surface area (TPSA) is 30.7 Å². The van der Waals surface area contributed by atoms with Gasteiger partial charge in [0.2, 0.25) is 0 Å². The van der Waals surface area contributed by atoms with Crippen molar-refractivity contribution in [3.63, 3.8) is 0 Å². The Bertz CT molecular complexity index is 197. The van der Waals surface area contributed by atoms with Gasteiger partial charge in [-0.2, -0.15) is 0 Å². The molecule has 1 unspecified atom stereocenters. The highest BCUT2D eigenvalue weighted by Crippen LogP contribution is 2.14. The molecule has 1 atom stereocenters. The lowest BCUT2D eigenvalue weighted by atomic mass is 10.4. The number of hydrogen-bond acceptors (Lipinski definition) is 2. The first kappa shape index (κ1) is 9.72. The molecule has 1 rings (SSSR count). The van der Waals surface area contributed by atoms with Crippen molar-refractivity contribution >= 4 is 24.0 Å². The Labute approximate surface area is 70.8 Å². The van der Waals surface area contributed by atoms with Crippen LogP contribution >= 0.6 is 24.0 Å². The van der Waals surface area contributed by atoms with Crippen molar-refractivity contribution in [1.29, 1.82) is 0 Å². The van der Waals surface area contributed by atoms with Gasteiger partial charge in [0.1, 0.15) is 5.69 Å².